The van der Waals surface area contributed by atoms with E-state index in [-0.39, 0.29) is 5.91 Å². The zero-order valence-electron chi connectivity index (χ0n) is 10.7. The lowest BCUT2D eigenvalue weighted by molar-refractivity contribution is -0.139. The molecule has 1 aromatic carbocycles. The topological polar surface area (TPSA) is 93.5 Å². The van der Waals surface area contributed by atoms with Gasteiger partial charge in [-0.2, -0.15) is 5.10 Å². The lowest BCUT2D eigenvalue weighted by Crippen LogP contribution is -2.13. The molecule has 2 aromatic rings. The van der Waals surface area contributed by atoms with E-state index >= 15 is 0 Å². The van der Waals surface area contributed by atoms with Crippen molar-refractivity contribution < 1.29 is 19.4 Å². The van der Waals surface area contributed by atoms with Gasteiger partial charge in [-0.1, -0.05) is 6.07 Å². The van der Waals surface area contributed by atoms with E-state index in [4.69, 9.17) is 9.84 Å². The Bertz CT molecular complexity index is 636. The van der Waals surface area contributed by atoms with Crippen LogP contribution in [0.1, 0.15) is 10.5 Å². The van der Waals surface area contributed by atoms with E-state index in [0.717, 1.165) is 0 Å². The second-order valence-electron chi connectivity index (χ2n) is 4.04. The van der Waals surface area contributed by atoms with Crippen molar-refractivity contribution in [2.45, 2.75) is 0 Å². The summed E-state index contributed by atoms with van der Waals surface area (Å²) in [4.78, 5) is 22.3. The summed E-state index contributed by atoms with van der Waals surface area (Å²) < 4.78 is 6.56. The van der Waals surface area contributed by atoms with Crippen LogP contribution in [-0.4, -0.2) is 33.4 Å². The van der Waals surface area contributed by atoms with Crippen molar-refractivity contribution >= 4 is 17.6 Å². The van der Waals surface area contributed by atoms with Crippen LogP contribution in [0.3, 0.4) is 0 Å². The second kappa shape index (κ2) is 5.87. The van der Waals surface area contributed by atoms with E-state index in [1.807, 2.05) is 0 Å². The molecule has 2 N–H and O–H groups in total. The molecule has 104 valence electrons. The summed E-state index contributed by atoms with van der Waals surface area (Å²) in [6.07, 6.45) is 1.67. The first-order valence-corrected chi connectivity index (χ1v) is 5.80. The highest BCUT2D eigenvalue weighted by molar-refractivity contribution is 6.02. The molecule has 0 unspecified atom stereocenters. The van der Waals surface area contributed by atoms with Gasteiger partial charge in [-0.3, -0.25) is 9.48 Å². The van der Waals surface area contributed by atoms with Gasteiger partial charge in [0.15, 0.2) is 12.3 Å². The van der Waals surface area contributed by atoms with Gasteiger partial charge in [-0.25, -0.2) is 4.79 Å². The van der Waals surface area contributed by atoms with Crippen LogP contribution in [-0.2, 0) is 11.8 Å². The molecule has 1 amide bonds. The molecule has 0 spiro atoms. The van der Waals surface area contributed by atoms with Crippen molar-refractivity contribution in [3.8, 4) is 5.75 Å². The molecule has 0 bridgehead atoms. The zero-order chi connectivity index (χ0) is 14.5. The Morgan fingerprint density at radius 2 is 2.20 bits per heavy atom. The smallest absolute Gasteiger partial charge is 0.341 e. The number of hydrogen-bond acceptors (Lipinski definition) is 4. The summed E-state index contributed by atoms with van der Waals surface area (Å²) in [6, 6.07) is 8.09. The Morgan fingerprint density at radius 3 is 2.85 bits per heavy atom. The van der Waals surface area contributed by atoms with Crippen LogP contribution in [0, 0.1) is 0 Å². The highest BCUT2D eigenvalue weighted by atomic mass is 16.5. The summed E-state index contributed by atoms with van der Waals surface area (Å²) in [5, 5.41) is 15.2. The van der Waals surface area contributed by atoms with Gasteiger partial charge < -0.3 is 15.2 Å². The van der Waals surface area contributed by atoms with Gasteiger partial charge in [-0.15, -0.1) is 0 Å². The lowest BCUT2D eigenvalue weighted by atomic mass is 10.3. The van der Waals surface area contributed by atoms with Crippen molar-refractivity contribution in [3.05, 3.63) is 42.2 Å². The Labute approximate surface area is 114 Å². The minimum absolute atomic E-state index is 0.296. The fourth-order valence-corrected chi connectivity index (χ4v) is 1.54. The van der Waals surface area contributed by atoms with Crippen molar-refractivity contribution in [2.75, 3.05) is 11.9 Å². The number of carboxylic acid groups (broad SMARTS) is 1. The minimum atomic E-state index is -1.06. The van der Waals surface area contributed by atoms with E-state index in [1.165, 1.54) is 4.68 Å². The largest absolute Gasteiger partial charge is 0.482 e. The number of ether oxygens (including phenoxy) is 1. The Balaban J connectivity index is 2.04. The number of amides is 1. The average Bonchev–Trinajstić information content (AvgIpc) is 2.84. The van der Waals surface area contributed by atoms with Crippen molar-refractivity contribution in [2.24, 2.45) is 7.05 Å². The summed E-state index contributed by atoms with van der Waals surface area (Å²) in [5.41, 5.74) is 0.799. The first-order valence-electron chi connectivity index (χ1n) is 5.80. The molecule has 0 fully saturated rings. The number of aromatic nitrogens is 2. The minimum Gasteiger partial charge on any atom is -0.482 e. The quantitative estimate of drug-likeness (QED) is 0.853. The lowest BCUT2D eigenvalue weighted by Gasteiger charge is -2.07. The number of anilines is 1. The van der Waals surface area contributed by atoms with Gasteiger partial charge in [0.05, 0.1) is 0 Å². The molecule has 1 aromatic heterocycles. The highest BCUT2D eigenvalue weighted by Gasteiger charge is 2.09. The third kappa shape index (κ3) is 3.58. The number of aryl methyl sites for hydroxylation is 1. The molecule has 0 saturated carbocycles. The van der Waals surface area contributed by atoms with Gasteiger partial charge in [0.1, 0.15) is 5.75 Å². The van der Waals surface area contributed by atoms with Crippen LogP contribution in [0.15, 0.2) is 36.5 Å². The van der Waals surface area contributed by atoms with Gasteiger partial charge >= 0.3 is 5.97 Å². The van der Waals surface area contributed by atoms with Crippen LogP contribution in [0.2, 0.25) is 0 Å². The van der Waals surface area contributed by atoms with Crippen molar-refractivity contribution in [3.63, 3.8) is 0 Å². The molecular formula is C13H13N3O4. The molecule has 20 heavy (non-hydrogen) atoms. The summed E-state index contributed by atoms with van der Waals surface area (Å²) in [7, 11) is 1.72. The Morgan fingerprint density at radius 1 is 1.40 bits per heavy atom. The number of nitrogens with one attached hydrogen (secondary N) is 1. The highest BCUT2D eigenvalue weighted by Crippen LogP contribution is 2.17. The van der Waals surface area contributed by atoms with Crippen LogP contribution in [0.25, 0.3) is 0 Å². The molecule has 0 radical (unpaired) electrons. The predicted octanol–water partition coefficient (Wildman–Crippen LogP) is 1.14. The number of benzene rings is 1. The SMILES string of the molecule is Cn1ccc(C(=O)Nc2cccc(OCC(=O)O)c2)n1. The number of hydrogen-bond donors (Lipinski definition) is 2. The number of aliphatic carboxylic acids is 1. The summed E-state index contributed by atoms with van der Waals surface area (Å²) in [6.45, 7) is -0.433. The molecule has 0 aliphatic heterocycles. The van der Waals surface area contributed by atoms with E-state index in [1.54, 1.807) is 43.6 Å². The third-order valence-corrected chi connectivity index (χ3v) is 2.40. The van der Waals surface area contributed by atoms with Crippen molar-refractivity contribution in [1.29, 1.82) is 0 Å². The number of carbonyl (C=O) groups excluding carboxylic acids is 1. The molecule has 7 nitrogen and oxygen atoms in total. The number of carbonyl (C=O) groups is 2. The number of nitrogens with zero attached hydrogens (tertiary/aromatic N) is 2. The first kappa shape index (κ1) is 13.6. The first-order chi connectivity index (χ1) is 9.54. The van der Waals surface area contributed by atoms with Crippen LogP contribution in [0.5, 0.6) is 5.75 Å². The maximum Gasteiger partial charge on any atom is 0.341 e. The zero-order valence-corrected chi connectivity index (χ0v) is 10.7. The molecule has 0 atom stereocenters. The van der Waals surface area contributed by atoms with Crippen LogP contribution < -0.4 is 10.1 Å². The molecule has 0 aliphatic carbocycles. The molecule has 0 aliphatic rings. The monoisotopic (exact) mass is 275 g/mol. The van der Waals surface area contributed by atoms with Crippen molar-refractivity contribution in [1.82, 2.24) is 9.78 Å². The Kier molecular flexibility index (Phi) is 3.99. The molecule has 0 saturated heterocycles. The third-order valence-electron chi connectivity index (χ3n) is 2.40. The van der Waals surface area contributed by atoms with E-state index in [0.29, 0.717) is 17.1 Å². The fourth-order valence-electron chi connectivity index (χ4n) is 1.54. The molecule has 1 heterocycles. The Hall–Kier alpha value is -2.83. The fraction of sp³-hybridized carbons (Fsp3) is 0.154. The van der Waals surface area contributed by atoms with Gasteiger partial charge in [0, 0.05) is 25.0 Å². The van der Waals surface area contributed by atoms with E-state index in [2.05, 4.69) is 10.4 Å². The summed E-state index contributed by atoms with van der Waals surface area (Å²) in [5.74, 6) is -1.04. The van der Waals surface area contributed by atoms with Gasteiger partial charge in [0.2, 0.25) is 0 Å². The maximum atomic E-state index is 11.9. The number of carboxylic acids is 1. The van der Waals surface area contributed by atoms with Crippen LogP contribution in [0.4, 0.5) is 5.69 Å². The second-order valence-corrected chi connectivity index (χ2v) is 4.04. The van der Waals surface area contributed by atoms with E-state index in [9.17, 15) is 9.59 Å². The molecular weight excluding hydrogens is 262 g/mol. The summed E-state index contributed by atoms with van der Waals surface area (Å²) >= 11 is 0. The molecule has 2 rings (SSSR count). The molecule has 7 heteroatoms. The normalized spacial score (nSPS) is 10.1. The standard InChI is InChI=1S/C13H13N3O4/c1-16-6-5-11(15-16)13(19)14-9-3-2-4-10(7-9)20-8-12(17)18/h2-7H,8H2,1H3,(H,14,19)(H,17,18). The van der Waals surface area contributed by atoms with Gasteiger partial charge in [-0.05, 0) is 18.2 Å². The predicted molar refractivity (Wildman–Crippen MR) is 70.7 cm³/mol. The van der Waals surface area contributed by atoms with Crippen LogP contribution >= 0.6 is 0 Å². The average molecular weight is 275 g/mol. The maximum absolute atomic E-state index is 11.9. The number of rotatable bonds is 5. The van der Waals surface area contributed by atoms with Gasteiger partial charge in [0.25, 0.3) is 5.91 Å². The van der Waals surface area contributed by atoms with E-state index < -0.39 is 12.6 Å².